The molecule has 1 fully saturated rings. The van der Waals surface area contributed by atoms with Crippen LogP contribution in [0, 0.1) is 0 Å². The molecule has 1 atom stereocenters. The lowest BCUT2D eigenvalue weighted by molar-refractivity contribution is -0.130. The van der Waals surface area contributed by atoms with Crippen LogP contribution in [0.5, 0.6) is 11.5 Å². The summed E-state index contributed by atoms with van der Waals surface area (Å²) >= 11 is 0. The predicted molar refractivity (Wildman–Crippen MR) is 100 cm³/mol. The van der Waals surface area contributed by atoms with Crippen molar-refractivity contribution in [3.63, 3.8) is 0 Å². The fraction of sp³-hybridized carbons (Fsp3) is 0.333. The standard InChI is InChI=1S/C21H21F2NO5/c1-2-27-17-12-14(8-11-16(17)28-21(22)23)20(26)29-18(13-6-4-3-5-7-13)19(25)24-15-9-10-15/h3-8,11-12,15,18,21H,2,9-10H2,1H3,(H,24,25)/t18-/m1/s1. The van der Waals surface area contributed by atoms with Gasteiger partial charge in [-0.2, -0.15) is 8.78 Å². The summed E-state index contributed by atoms with van der Waals surface area (Å²) in [6.07, 6.45) is 0.659. The summed E-state index contributed by atoms with van der Waals surface area (Å²) in [5.41, 5.74) is 0.580. The van der Waals surface area contributed by atoms with Gasteiger partial charge in [0, 0.05) is 11.6 Å². The zero-order valence-electron chi connectivity index (χ0n) is 15.8. The fourth-order valence-electron chi connectivity index (χ4n) is 2.68. The maximum absolute atomic E-state index is 12.7. The van der Waals surface area contributed by atoms with Crippen LogP contribution in [0.4, 0.5) is 8.78 Å². The first-order valence-corrected chi connectivity index (χ1v) is 9.26. The molecule has 0 spiro atoms. The summed E-state index contributed by atoms with van der Waals surface area (Å²) in [4.78, 5) is 25.3. The van der Waals surface area contributed by atoms with Crippen molar-refractivity contribution >= 4 is 11.9 Å². The Morgan fingerprint density at radius 3 is 2.45 bits per heavy atom. The number of esters is 1. The molecule has 1 aliphatic rings. The molecular weight excluding hydrogens is 384 g/mol. The largest absolute Gasteiger partial charge is 0.490 e. The molecule has 1 amide bonds. The Balaban J connectivity index is 1.81. The quantitative estimate of drug-likeness (QED) is 0.642. The predicted octanol–water partition coefficient (Wildman–Crippen LogP) is 3.86. The van der Waals surface area contributed by atoms with Crippen LogP contribution in [0.15, 0.2) is 48.5 Å². The third kappa shape index (κ3) is 5.66. The molecular formula is C21H21F2NO5. The number of amides is 1. The topological polar surface area (TPSA) is 73.9 Å². The number of halogens is 2. The van der Waals surface area contributed by atoms with E-state index in [9.17, 15) is 18.4 Å². The summed E-state index contributed by atoms with van der Waals surface area (Å²) in [6.45, 7) is -1.17. The van der Waals surface area contributed by atoms with Crippen molar-refractivity contribution < 1.29 is 32.6 Å². The monoisotopic (exact) mass is 405 g/mol. The highest BCUT2D eigenvalue weighted by molar-refractivity contribution is 5.93. The van der Waals surface area contributed by atoms with Crippen molar-refractivity contribution in [3.05, 3.63) is 59.7 Å². The van der Waals surface area contributed by atoms with Gasteiger partial charge < -0.3 is 19.5 Å². The van der Waals surface area contributed by atoms with Gasteiger partial charge in [0.15, 0.2) is 11.5 Å². The third-order valence-electron chi connectivity index (χ3n) is 4.18. The van der Waals surface area contributed by atoms with E-state index in [0.29, 0.717) is 5.56 Å². The average molecular weight is 405 g/mol. The first kappa shape index (κ1) is 20.6. The Morgan fingerprint density at radius 2 is 1.83 bits per heavy atom. The van der Waals surface area contributed by atoms with E-state index in [1.54, 1.807) is 37.3 Å². The minimum atomic E-state index is -3.03. The Hall–Kier alpha value is -3.16. The van der Waals surface area contributed by atoms with E-state index in [2.05, 4.69) is 10.1 Å². The SMILES string of the molecule is CCOc1cc(C(=O)O[C@@H](C(=O)NC2CC2)c2ccccc2)ccc1OC(F)F. The smallest absolute Gasteiger partial charge is 0.387 e. The molecule has 1 saturated carbocycles. The highest BCUT2D eigenvalue weighted by atomic mass is 19.3. The second-order valence-corrected chi connectivity index (χ2v) is 6.45. The molecule has 0 aromatic heterocycles. The second kappa shape index (κ2) is 9.36. The second-order valence-electron chi connectivity index (χ2n) is 6.45. The zero-order chi connectivity index (χ0) is 20.8. The van der Waals surface area contributed by atoms with Gasteiger partial charge in [0.1, 0.15) is 0 Å². The van der Waals surface area contributed by atoms with Gasteiger partial charge in [0.05, 0.1) is 12.2 Å². The van der Waals surface area contributed by atoms with Gasteiger partial charge in [0.25, 0.3) is 5.91 Å². The summed E-state index contributed by atoms with van der Waals surface area (Å²) in [6, 6.07) is 12.5. The van der Waals surface area contributed by atoms with E-state index in [1.807, 2.05) is 0 Å². The summed E-state index contributed by atoms with van der Waals surface area (Å²) < 4.78 is 40.2. The lowest BCUT2D eigenvalue weighted by Crippen LogP contribution is -2.33. The van der Waals surface area contributed by atoms with Crippen LogP contribution in [0.1, 0.15) is 41.8 Å². The lowest BCUT2D eigenvalue weighted by Gasteiger charge is -2.18. The maximum atomic E-state index is 12.7. The number of hydrogen-bond donors (Lipinski definition) is 1. The van der Waals surface area contributed by atoms with E-state index < -0.39 is 24.6 Å². The van der Waals surface area contributed by atoms with Crippen LogP contribution in [-0.2, 0) is 9.53 Å². The molecule has 1 aliphatic carbocycles. The third-order valence-corrected chi connectivity index (χ3v) is 4.18. The number of hydrogen-bond acceptors (Lipinski definition) is 5. The Labute approximate surface area is 166 Å². The number of ether oxygens (including phenoxy) is 3. The number of rotatable bonds is 9. The molecule has 0 radical (unpaired) electrons. The van der Waals surface area contributed by atoms with Crippen molar-refractivity contribution in [2.75, 3.05) is 6.61 Å². The molecule has 0 heterocycles. The van der Waals surface area contributed by atoms with Gasteiger partial charge in [0.2, 0.25) is 6.10 Å². The number of alkyl halides is 2. The molecule has 8 heteroatoms. The van der Waals surface area contributed by atoms with Gasteiger partial charge in [-0.15, -0.1) is 0 Å². The van der Waals surface area contributed by atoms with Crippen molar-refractivity contribution in [1.29, 1.82) is 0 Å². The Morgan fingerprint density at radius 1 is 1.10 bits per heavy atom. The Kier molecular flexibility index (Phi) is 6.64. The highest BCUT2D eigenvalue weighted by Gasteiger charge is 2.31. The van der Waals surface area contributed by atoms with Crippen LogP contribution in [0.3, 0.4) is 0 Å². The van der Waals surface area contributed by atoms with Crippen molar-refractivity contribution in [2.24, 2.45) is 0 Å². The molecule has 2 aromatic rings. The van der Waals surface area contributed by atoms with Crippen molar-refractivity contribution in [3.8, 4) is 11.5 Å². The molecule has 1 N–H and O–H groups in total. The molecule has 0 unspecified atom stereocenters. The minimum absolute atomic E-state index is 0.0130. The van der Waals surface area contributed by atoms with E-state index in [1.165, 1.54) is 18.2 Å². The number of benzene rings is 2. The zero-order valence-corrected chi connectivity index (χ0v) is 15.8. The Bertz CT molecular complexity index is 855. The normalized spacial score (nSPS) is 14.2. The van der Waals surface area contributed by atoms with Crippen molar-refractivity contribution in [2.45, 2.75) is 38.5 Å². The summed E-state index contributed by atoms with van der Waals surface area (Å²) in [7, 11) is 0. The van der Waals surface area contributed by atoms with Gasteiger partial charge in [-0.1, -0.05) is 30.3 Å². The van der Waals surface area contributed by atoms with Crippen LogP contribution >= 0.6 is 0 Å². The van der Waals surface area contributed by atoms with E-state index in [-0.39, 0.29) is 29.7 Å². The maximum Gasteiger partial charge on any atom is 0.387 e. The molecule has 2 aromatic carbocycles. The first-order chi connectivity index (χ1) is 14.0. The fourth-order valence-corrected chi connectivity index (χ4v) is 2.68. The first-order valence-electron chi connectivity index (χ1n) is 9.26. The molecule has 3 rings (SSSR count). The van der Waals surface area contributed by atoms with Crippen LogP contribution < -0.4 is 14.8 Å². The van der Waals surface area contributed by atoms with Gasteiger partial charge in [-0.25, -0.2) is 4.79 Å². The lowest BCUT2D eigenvalue weighted by atomic mass is 10.1. The minimum Gasteiger partial charge on any atom is -0.490 e. The van der Waals surface area contributed by atoms with Crippen molar-refractivity contribution in [1.82, 2.24) is 5.32 Å². The average Bonchev–Trinajstić information content (AvgIpc) is 3.51. The molecule has 6 nitrogen and oxygen atoms in total. The van der Waals surface area contributed by atoms with Gasteiger partial charge in [-0.3, -0.25) is 4.79 Å². The summed E-state index contributed by atoms with van der Waals surface area (Å²) in [5, 5.41) is 2.83. The number of nitrogens with one attached hydrogen (secondary N) is 1. The van der Waals surface area contributed by atoms with E-state index in [4.69, 9.17) is 9.47 Å². The number of carbonyl (C=O) groups is 2. The molecule has 29 heavy (non-hydrogen) atoms. The van der Waals surface area contributed by atoms with Gasteiger partial charge in [-0.05, 0) is 38.0 Å². The molecule has 154 valence electrons. The summed E-state index contributed by atoms with van der Waals surface area (Å²) in [5.74, 6) is -1.39. The molecule has 0 bridgehead atoms. The molecule has 0 aliphatic heterocycles. The van der Waals surface area contributed by atoms with E-state index >= 15 is 0 Å². The molecule has 0 saturated heterocycles. The van der Waals surface area contributed by atoms with E-state index in [0.717, 1.165) is 12.8 Å². The number of carbonyl (C=O) groups excluding carboxylic acids is 2. The van der Waals surface area contributed by atoms with Crippen LogP contribution in [-0.4, -0.2) is 31.1 Å². The van der Waals surface area contributed by atoms with Crippen LogP contribution in [0.25, 0.3) is 0 Å². The van der Waals surface area contributed by atoms with Crippen LogP contribution in [0.2, 0.25) is 0 Å². The highest BCUT2D eigenvalue weighted by Crippen LogP contribution is 2.31. The van der Waals surface area contributed by atoms with Gasteiger partial charge >= 0.3 is 12.6 Å².